The monoisotopic (exact) mass is 240 g/mol. The van der Waals surface area contributed by atoms with Gasteiger partial charge < -0.3 is 10.4 Å². The third-order valence-electron chi connectivity index (χ3n) is 4.13. The zero-order valence-electron chi connectivity index (χ0n) is 10.7. The number of hydrogen-bond acceptors (Lipinski definition) is 3. The SMILES string of the molecule is CC(C(=O)NC1CCCC1)N1CCC(O)CC1. The van der Waals surface area contributed by atoms with E-state index in [9.17, 15) is 9.90 Å². The Labute approximate surface area is 103 Å². The van der Waals surface area contributed by atoms with Crippen molar-refractivity contribution in [1.82, 2.24) is 10.2 Å². The fourth-order valence-corrected chi connectivity index (χ4v) is 2.83. The van der Waals surface area contributed by atoms with Crippen molar-refractivity contribution >= 4 is 5.91 Å². The molecule has 98 valence electrons. The van der Waals surface area contributed by atoms with Crippen LogP contribution in [0.3, 0.4) is 0 Å². The molecule has 1 saturated carbocycles. The first-order valence-electron chi connectivity index (χ1n) is 6.89. The Morgan fingerprint density at radius 2 is 1.82 bits per heavy atom. The van der Waals surface area contributed by atoms with Crippen molar-refractivity contribution in [2.75, 3.05) is 13.1 Å². The number of aliphatic hydroxyl groups is 1. The number of piperidine rings is 1. The first kappa shape index (κ1) is 12.8. The van der Waals surface area contributed by atoms with Crippen LogP contribution in [0, 0.1) is 0 Å². The van der Waals surface area contributed by atoms with Crippen LogP contribution < -0.4 is 5.32 Å². The number of nitrogens with zero attached hydrogens (tertiary/aromatic N) is 1. The van der Waals surface area contributed by atoms with Gasteiger partial charge in [-0.2, -0.15) is 0 Å². The molecule has 0 aromatic heterocycles. The molecule has 4 heteroatoms. The van der Waals surface area contributed by atoms with Crippen LogP contribution >= 0.6 is 0 Å². The highest BCUT2D eigenvalue weighted by molar-refractivity contribution is 5.81. The molecule has 0 bridgehead atoms. The second-order valence-corrected chi connectivity index (χ2v) is 5.43. The molecule has 2 N–H and O–H groups in total. The highest BCUT2D eigenvalue weighted by Gasteiger charge is 2.27. The first-order valence-corrected chi connectivity index (χ1v) is 6.89. The van der Waals surface area contributed by atoms with Crippen LogP contribution in [0.2, 0.25) is 0 Å². The maximum atomic E-state index is 12.1. The molecular formula is C13H24N2O2. The van der Waals surface area contributed by atoms with E-state index < -0.39 is 0 Å². The van der Waals surface area contributed by atoms with Crippen LogP contribution in [-0.2, 0) is 4.79 Å². The number of rotatable bonds is 3. The summed E-state index contributed by atoms with van der Waals surface area (Å²) in [5, 5.41) is 12.6. The van der Waals surface area contributed by atoms with Gasteiger partial charge in [0.25, 0.3) is 0 Å². The first-order chi connectivity index (χ1) is 8.16. The number of nitrogens with one attached hydrogen (secondary N) is 1. The number of hydrogen-bond donors (Lipinski definition) is 2. The quantitative estimate of drug-likeness (QED) is 0.770. The van der Waals surface area contributed by atoms with E-state index >= 15 is 0 Å². The summed E-state index contributed by atoms with van der Waals surface area (Å²) in [6, 6.07) is 0.350. The van der Waals surface area contributed by atoms with Gasteiger partial charge in [0.15, 0.2) is 0 Å². The van der Waals surface area contributed by atoms with Crippen LogP contribution in [-0.4, -0.2) is 47.2 Å². The zero-order valence-corrected chi connectivity index (χ0v) is 10.7. The lowest BCUT2D eigenvalue weighted by Gasteiger charge is -2.34. The fourth-order valence-electron chi connectivity index (χ4n) is 2.83. The highest BCUT2D eigenvalue weighted by atomic mass is 16.3. The van der Waals surface area contributed by atoms with Crippen molar-refractivity contribution in [3.05, 3.63) is 0 Å². The summed E-state index contributed by atoms with van der Waals surface area (Å²) in [6.07, 6.45) is 6.18. The zero-order chi connectivity index (χ0) is 12.3. The molecule has 1 atom stereocenters. The summed E-state index contributed by atoms with van der Waals surface area (Å²) in [6.45, 7) is 3.64. The van der Waals surface area contributed by atoms with Gasteiger partial charge in [-0.05, 0) is 32.6 Å². The lowest BCUT2D eigenvalue weighted by atomic mass is 10.1. The summed E-state index contributed by atoms with van der Waals surface area (Å²) in [5.41, 5.74) is 0. The fraction of sp³-hybridized carbons (Fsp3) is 0.923. The normalized spacial score (nSPS) is 26.0. The molecule has 0 aromatic rings. The third kappa shape index (κ3) is 3.42. The van der Waals surface area contributed by atoms with Crippen molar-refractivity contribution in [1.29, 1.82) is 0 Å². The van der Waals surface area contributed by atoms with Gasteiger partial charge in [-0.15, -0.1) is 0 Å². The molecule has 1 heterocycles. The van der Waals surface area contributed by atoms with E-state index in [0.29, 0.717) is 6.04 Å². The standard InChI is InChI=1S/C13H24N2O2/c1-10(15-8-6-12(16)7-9-15)13(17)14-11-4-2-3-5-11/h10-12,16H,2-9H2,1H3,(H,14,17). The van der Waals surface area contributed by atoms with Crippen LogP contribution in [0.25, 0.3) is 0 Å². The second-order valence-electron chi connectivity index (χ2n) is 5.43. The number of carbonyl (C=O) groups excluding carboxylic acids is 1. The maximum absolute atomic E-state index is 12.1. The molecule has 2 aliphatic rings. The minimum atomic E-state index is -0.170. The summed E-state index contributed by atoms with van der Waals surface area (Å²) < 4.78 is 0. The second kappa shape index (κ2) is 5.83. The molecular weight excluding hydrogens is 216 g/mol. The van der Waals surface area contributed by atoms with E-state index in [1.54, 1.807) is 0 Å². The average molecular weight is 240 g/mol. The molecule has 17 heavy (non-hydrogen) atoms. The predicted molar refractivity (Wildman–Crippen MR) is 66.7 cm³/mol. The van der Waals surface area contributed by atoms with Crippen molar-refractivity contribution in [2.45, 2.75) is 63.6 Å². The predicted octanol–water partition coefficient (Wildman–Crippen LogP) is 0.890. The number of carbonyl (C=O) groups is 1. The topological polar surface area (TPSA) is 52.6 Å². The van der Waals surface area contributed by atoms with Gasteiger partial charge in [-0.1, -0.05) is 12.8 Å². The van der Waals surface area contributed by atoms with E-state index in [-0.39, 0.29) is 18.1 Å². The van der Waals surface area contributed by atoms with Crippen molar-refractivity contribution < 1.29 is 9.90 Å². The Morgan fingerprint density at radius 3 is 2.41 bits per heavy atom. The van der Waals surface area contributed by atoms with E-state index in [2.05, 4.69) is 10.2 Å². The molecule has 0 radical (unpaired) electrons. The molecule has 1 unspecified atom stereocenters. The Kier molecular flexibility index (Phi) is 4.40. The van der Waals surface area contributed by atoms with E-state index in [1.807, 2.05) is 6.92 Å². The lowest BCUT2D eigenvalue weighted by molar-refractivity contribution is -0.127. The van der Waals surface area contributed by atoms with Crippen LogP contribution in [0.1, 0.15) is 45.4 Å². The smallest absolute Gasteiger partial charge is 0.237 e. The lowest BCUT2D eigenvalue weighted by Crippen LogP contribution is -2.50. The number of likely N-dealkylation sites (tertiary alicyclic amines) is 1. The summed E-state index contributed by atoms with van der Waals surface area (Å²) in [4.78, 5) is 14.2. The molecule has 0 aromatic carbocycles. The largest absolute Gasteiger partial charge is 0.393 e. The maximum Gasteiger partial charge on any atom is 0.237 e. The molecule has 0 spiro atoms. The Bertz CT molecular complexity index is 256. The average Bonchev–Trinajstić information content (AvgIpc) is 2.82. The molecule has 2 rings (SSSR count). The van der Waals surface area contributed by atoms with Gasteiger partial charge in [0.1, 0.15) is 0 Å². The Hall–Kier alpha value is -0.610. The van der Waals surface area contributed by atoms with Gasteiger partial charge in [0.2, 0.25) is 5.91 Å². The van der Waals surface area contributed by atoms with Crippen molar-refractivity contribution in [2.24, 2.45) is 0 Å². The Morgan fingerprint density at radius 1 is 1.24 bits per heavy atom. The van der Waals surface area contributed by atoms with E-state index in [0.717, 1.165) is 38.8 Å². The minimum Gasteiger partial charge on any atom is -0.393 e. The van der Waals surface area contributed by atoms with Gasteiger partial charge in [-0.3, -0.25) is 9.69 Å². The van der Waals surface area contributed by atoms with Gasteiger partial charge >= 0.3 is 0 Å². The van der Waals surface area contributed by atoms with E-state index in [4.69, 9.17) is 0 Å². The number of aliphatic hydroxyl groups excluding tert-OH is 1. The van der Waals surface area contributed by atoms with Gasteiger partial charge in [0.05, 0.1) is 12.1 Å². The molecule has 4 nitrogen and oxygen atoms in total. The number of amides is 1. The third-order valence-corrected chi connectivity index (χ3v) is 4.13. The molecule has 1 aliphatic heterocycles. The summed E-state index contributed by atoms with van der Waals surface area (Å²) in [7, 11) is 0. The Balaban J connectivity index is 1.77. The van der Waals surface area contributed by atoms with Crippen molar-refractivity contribution in [3.63, 3.8) is 0 Å². The molecule has 2 fully saturated rings. The molecule has 1 saturated heterocycles. The molecule has 1 aliphatic carbocycles. The summed E-state index contributed by atoms with van der Waals surface area (Å²) >= 11 is 0. The van der Waals surface area contributed by atoms with E-state index in [1.165, 1.54) is 12.8 Å². The van der Waals surface area contributed by atoms with Gasteiger partial charge in [0, 0.05) is 19.1 Å². The summed E-state index contributed by atoms with van der Waals surface area (Å²) in [5.74, 6) is 0.160. The van der Waals surface area contributed by atoms with Crippen LogP contribution in [0.5, 0.6) is 0 Å². The highest BCUT2D eigenvalue weighted by Crippen LogP contribution is 2.18. The van der Waals surface area contributed by atoms with Gasteiger partial charge in [-0.25, -0.2) is 0 Å². The van der Waals surface area contributed by atoms with Crippen molar-refractivity contribution in [3.8, 4) is 0 Å². The van der Waals surface area contributed by atoms with Crippen LogP contribution in [0.15, 0.2) is 0 Å². The van der Waals surface area contributed by atoms with Crippen LogP contribution in [0.4, 0.5) is 0 Å². The minimum absolute atomic E-state index is 0.0527. The molecule has 1 amide bonds.